The molecule has 1 aliphatic rings. The summed E-state index contributed by atoms with van der Waals surface area (Å²) in [6.45, 7) is 4.30. The Kier molecular flexibility index (Phi) is 7.84. The molecule has 162 valence electrons. The van der Waals surface area contributed by atoms with Crippen LogP contribution in [0.5, 0.6) is 5.75 Å². The molecule has 1 aliphatic carbocycles. The molecule has 0 atom stereocenters. The zero-order valence-electron chi connectivity index (χ0n) is 18.0. The number of anilines is 1. The number of hydrogen-bond donors (Lipinski definition) is 1. The molecule has 0 saturated heterocycles. The molecular formula is C24H27ClN4O2. The van der Waals surface area contributed by atoms with E-state index >= 15 is 0 Å². The Morgan fingerprint density at radius 3 is 2.58 bits per heavy atom. The predicted molar refractivity (Wildman–Crippen MR) is 126 cm³/mol. The first kappa shape index (κ1) is 22.6. The Labute approximate surface area is 187 Å². The maximum Gasteiger partial charge on any atom is 0.276 e. The molecule has 1 N–H and O–H groups in total. The quantitative estimate of drug-likeness (QED) is 0.542. The highest BCUT2D eigenvalue weighted by Crippen LogP contribution is 2.27. The molecule has 0 radical (unpaired) electrons. The third-order valence-electron chi connectivity index (χ3n) is 4.75. The molecule has 4 rings (SSSR count). The molecule has 31 heavy (non-hydrogen) atoms. The summed E-state index contributed by atoms with van der Waals surface area (Å²) in [5.74, 6) is 2.07. The molecule has 0 spiro atoms. The molecule has 1 fully saturated rings. The number of nitrogens with one attached hydrogen (secondary N) is 1. The fourth-order valence-electron chi connectivity index (χ4n) is 2.60. The minimum atomic E-state index is -0.303. The molecule has 1 heterocycles. The summed E-state index contributed by atoms with van der Waals surface area (Å²) in [4.78, 5) is 16.9. The molecule has 0 bridgehead atoms. The smallest absolute Gasteiger partial charge is 0.276 e. The average Bonchev–Trinajstić information content (AvgIpc) is 3.56. The van der Waals surface area contributed by atoms with Crippen molar-refractivity contribution in [2.75, 3.05) is 12.4 Å². The molecule has 6 nitrogen and oxygen atoms in total. The first-order chi connectivity index (χ1) is 15.0. The highest BCUT2D eigenvalue weighted by Gasteiger charge is 2.12. The van der Waals surface area contributed by atoms with Crippen LogP contribution in [0, 0.1) is 12.8 Å². The maximum absolute atomic E-state index is 12.5. The highest BCUT2D eigenvalue weighted by molar-refractivity contribution is 6.31. The summed E-state index contributed by atoms with van der Waals surface area (Å²) in [6.07, 6.45) is 4.58. The largest absolute Gasteiger partial charge is 0.487 e. The van der Waals surface area contributed by atoms with Crippen molar-refractivity contribution < 1.29 is 4.74 Å². The molecule has 0 unspecified atom stereocenters. The van der Waals surface area contributed by atoms with Gasteiger partial charge in [0.05, 0.1) is 11.9 Å². The van der Waals surface area contributed by atoms with Gasteiger partial charge in [-0.1, -0.05) is 67.8 Å². The van der Waals surface area contributed by atoms with Crippen molar-refractivity contribution >= 4 is 23.8 Å². The van der Waals surface area contributed by atoms with E-state index in [0.29, 0.717) is 22.4 Å². The lowest BCUT2D eigenvalue weighted by Crippen LogP contribution is -2.22. The van der Waals surface area contributed by atoms with Crippen molar-refractivity contribution in [1.29, 1.82) is 0 Å². The van der Waals surface area contributed by atoms with E-state index in [0.717, 1.165) is 17.0 Å². The van der Waals surface area contributed by atoms with Crippen LogP contribution in [0.25, 0.3) is 0 Å². The van der Waals surface area contributed by atoms with Crippen molar-refractivity contribution in [3.63, 3.8) is 0 Å². The zero-order chi connectivity index (χ0) is 22.2. The fourth-order valence-corrected chi connectivity index (χ4v) is 2.76. The van der Waals surface area contributed by atoms with Crippen LogP contribution < -0.4 is 15.6 Å². The third-order valence-corrected chi connectivity index (χ3v) is 5.16. The fraction of sp³-hybridized carbons (Fsp3) is 0.292. The van der Waals surface area contributed by atoms with Crippen LogP contribution in [0.2, 0.25) is 5.02 Å². The first-order valence-electron chi connectivity index (χ1n) is 10.3. The Morgan fingerprint density at radius 1 is 1.23 bits per heavy atom. The molecule has 7 heteroatoms. The van der Waals surface area contributed by atoms with Crippen LogP contribution >= 0.6 is 11.6 Å². The molecular weight excluding hydrogens is 412 g/mol. The van der Waals surface area contributed by atoms with E-state index in [1.54, 1.807) is 19.3 Å². The van der Waals surface area contributed by atoms with Gasteiger partial charge in [0.15, 0.2) is 0 Å². The Bertz CT molecular complexity index is 1090. The second-order valence-corrected chi connectivity index (χ2v) is 7.87. The minimum absolute atomic E-state index is 0.147. The number of ether oxygens (including phenoxy) is 1. The van der Waals surface area contributed by atoms with Crippen LogP contribution in [0.15, 0.2) is 64.5 Å². The van der Waals surface area contributed by atoms with E-state index < -0.39 is 0 Å². The van der Waals surface area contributed by atoms with Crippen molar-refractivity contribution in [2.24, 2.45) is 11.0 Å². The van der Waals surface area contributed by atoms with Gasteiger partial charge in [-0.3, -0.25) is 4.79 Å². The first-order valence-corrected chi connectivity index (χ1v) is 10.6. The molecule has 1 saturated carbocycles. The van der Waals surface area contributed by atoms with E-state index in [9.17, 15) is 4.79 Å². The highest BCUT2D eigenvalue weighted by atomic mass is 35.5. The van der Waals surface area contributed by atoms with Gasteiger partial charge in [-0.05, 0) is 30.5 Å². The molecule has 0 aliphatic heterocycles. The summed E-state index contributed by atoms with van der Waals surface area (Å²) in [7, 11) is 1.68. The van der Waals surface area contributed by atoms with E-state index in [4.69, 9.17) is 16.3 Å². The Hall–Kier alpha value is -3.12. The normalized spacial score (nSPS) is 12.9. The SMILES string of the molecule is CC1CC1.CNc1nc(COc2cccc(Cl)c2C)cc(=O)n1/N=C/c1ccccc1. The standard InChI is InChI=1S/C20H19ClN4O2.C4H8/c1-14-17(21)9-6-10-18(14)27-13-16-11-19(26)25(20(22-2)24-16)23-12-15-7-4-3-5-8-15;1-4-2-3-4/h3-12H,13H2,1-2H3,(H,22,24);4H,2-3H2,1H3/b23-12+;. The van der Waals surface area contributed by atoms with Crippen LogP contribution in [-0.2, 0) is 6.61 Å². The second kappa shape index (κ2) is 10.8. The number of nitrogens with zero attached hydrogens (tertiary/aromatic N) is 3. The van der Waals surface area contributed by atoms with Crippen molar-refractivity contribution in [3.05, 3.63) is 86.8 Å². The van der Waals surface area contributed by atoms with Gasteiger partial charge in [-0.2, -0.15) is 9.78 Å². The van der Waals surface area contributed by atoms with Gasteiger partial charge >= 0.3 is 0 Å². The number of halogens is 1. The lowest BCUT2D eigenvalue weighted by molar-refractivity contribution is 0.298. The van der Waals surface area contributed by atoms with Crippen molar-refractivity contribution in [2.45, 2.75) is 33.3 Å². The van der Waals surface area contributed by atoms with E-state index in [1.165, 1.54) is 23.6 Å². The predicted octanol–water partition coefficient (Wildman–Crippen LogP) is 5.12. The molecule has 3 aromatic rings. The van der Waals surface area contributed by atoms with Crippen LogP contribution in [0.4, 0.5) is 5.95 Å². The lowest BCUT2D eigenvalue weighted by Gasteiger charge is -2.11. The van der Waals surface area contributed by atoms with Gasteiger partial charge in [-0.15, -0.1) is 0 Å². The summed E-state index contributed by atoms with van der Waals surface area (Å²) in [6, 6.07) is 16.4. The van der Waals surface area contributed by atoms with E-state index in [1.807, 2.05) is 49.4 Å². The van der Waals surface area contributed by atoms with Gasteiger partial charge in [-0.25, -0.2) is 4.98 Å². The van der Waals surface area contributed by atoms with Gasteiger partial charge in [0.2, 0.25) is 5.95 Å². The lowest BCUT2D eigenvalue weighted by atomic mass is 10.2. The topological polar surface area (TPSA) is 68.5 Å². The maximum atomic E-state index is 12.5. The molecule has 2 aromatic carbocycles. The van der Waals surface area contributed by atoms with Gasteiger partial charge in [0, 0.05) is 23.7 Å². The average molecular weight is 439 g/mol. The molecule has 1 aromatic heterocycles. The van der Waals surface area contributed by atoms with Gasteiger partial charge in [0.1, 0.15) is 12.4 Å². The minimum Gasteiger partial charge on any atom is -0.487 e. The van der Waals surface area contributed by atoms with Crippen LogP contribution in [0.3, 0.4) is 0 Å². The monoisotopic (exact) mass is 438 g/mol. The summed E-state index contributed by atoms with van der Waals surface area (Å²) in [5.41, 5.74) is 1.92. The van der Waals surface area contributed by atoms with Crippen molar-refractivity contribution in [3.8, 4) is 5.75 Å². The zero-order valence-corrected chi connectivity index (χ0v) is 18.8. The van der Waals surface area contributed by atoms with Crippen LogP contribution in [-0.4, -0.2) is 22.9 Å². The van der Waals surface area contributed by atoms with Gasteiger partial charge < -0.3 is 10.1 Å². The summed E-state index contributed by atoms with van der Waals surface area (Å²) < 4.78 is 6.98. The summed E-state index contributed by atoms with van der Waals surface area (Å²) >= 11 is 6.10. The Balaban J connectivity index is 0.000000610. The number of rotatable bonds is 6. The molecule has 0 amide bonds. The second-order valence-electron chi connectivity index (χ2n) is 7.46. The number of benzene rings is 2. The number of aromatic nitrogens is 2. The van der Waals surface area contributed by atoms with E-state index in [-0.39, 0.29) is 12.2 Å². The van der Waals surface area contributed by atoms with Crippen LogP contribution in [0.1, 0.15) is 36.6 Å². The third kappa shape index (κ3) is 6.69. The van der Waals surface area contributed by atoms with Crippen molar-refractivity contribution in [1.82, 2.24) is 9.66 Å². The summed E-state index contributed by atoms with van der Waals surface area (Å²) in [5, 5.41) is 7.75. The van der Waals surface area contributed by atoms with Gasteiger partial charge in [0.25, 0.3) is 5.56 Å². The number of hydrogen-bond acceptors (Lipinski definition) is 5. The Morgan fingerprint density at radius 2 is 1.94 bits per heavy atom. The van der Waals surface area contributed by atoms with E-state index in [2.05, 4.69) is 22.3 Å².